The van der Waals surface area contributed by atoms with Gasteiger partial charge in [0.2, 0.25) is 5.91 Å². The minimum absolute atomic E-state index is 0.123. The topological polar surface area (TPSA) is 66.5 Å². The van der Waals surface area contributed by atoms with E-state index in [0.717, 1.165) is 36.8 Å². The second kappa shape index (κ2) is 10.1. The highest BCUT2D eigenvalue weighted by Crippen LogP contribution is 2.28. The van der Waals surface area contributed by atoms with Crippen molar-refractivity contribution in [2.45, 2.75) is 69.7 Å². The van der Waals surface area contributed by atoms with Crippen molar-refractivity contribution in [3.8, 4) is 0 Å². The molecule has 1 aliphatic carbocycles. The van der Waals surface area contributed by atoms with Gasteiger partial charge >= 0.3 is 0 Å². The van der Waals surface area contributed by atoms with Crippen LogP contribution in [0.25, 0.3) is 0 Å². The average molecular weight is 429 g/mol. The molecule has 0 aromatic heterocycles. The van der Waals surface area contributed by atoms with E-state index >= 15 is 0 Å². The molecule has 162 valence electrons. The lowest BCUT2D eigenvalue weighted by molar-refractivity contribution is -0.120. The molecule has 0 spiro atoms. The lowest BCUT2D eigenvalue weighted by Crippen LogP contribution is -2.44. The zero-order valence-corrected chi connectivity index (χ0v) is 18.7. The molecule has 30 heavy (non-hydrogen) atoms. The van der Waals surface area contributed by atoms with Gasteiger partial charge in [0.05, 0.1) is 10.6 Å². The van der Waals surface area contributed by atoms with Crippen LogP contribution in [0, 0.1) is 13.8 Å². The van der Waals surface area contributed by atoms with Gasteiger partial charge in [-0.2, -0.15) is 0 Å². The van der Waals surface area contributed by atoms with Crippen molar-refractivity contribution in [1.29, 1.82) is 0 Å². The number of aryl methyl sites for hydroxylation is 2. The summed E-state index contributed by atoms with van der Waals surface area (Å²) in [6.45, 7) is 3.57. The lowest BCUT2D eigenvalue weighted by Gasteiger charge is -2.27. The summed E-state index contributed by atoms with van der Waals surface area (Å²) in [6.07, 6.45) is 7.78. The summed E-state index contributed by atoms with van der Waals surface area (Å²) in [5.74, 6) is -0.249. The standard InChI is InChI=1S/C24H32N2O3S/c1-19-15-16-20(2)23(17-19)26(30(28,29)22-13-9-6-10-14-22)18-24(27)25-21-11-7-4-3-5-8-12-21/h6,9-10,13-17,21H,3-5,7-8,11-12,18H2,1-2H3,(H,25,27). The van der Waals surface area contributed by atoms with E-state index in [1.54, 1.807) is 30.3 Å². The largest absolute Gasteiger partial charge is 0.352 e. The third-order valence-corrected chi connectivity index (χ3v) is 7.50. The Kier molecular flexibility index (Phi) is 7.53. The van der Waals surface area contributed by atoms with E-state index in [0.29, 0.717) is 5.69 Å². The number of amides is 1. The molecule has 0 bridgehead atoms. The molecular weight excluding hydrogens is 396 g/mol. The Morgan fingerprint density at radius 3 is 2.27 bits per heavy atom. The monoisotopic (exact) mass is 428 g/mol. The van der Waals surface area contributed by atoms with Crippen LogP contribution in [0.3, 0.4) is 0 Å². The maximum atomic E-state index is 13.5. The Morgan fingerprint density at radius 1 is 0.967 bits per heavy atom. The quantitative estimate of drug-likeness (QED) is 0.723. The van der Waals surface area contributed by atoms with E-state index in [-0.39, 0.29) is 23.4 Å². The summed E-state index contributed by atoms with van der Waals surface area (Å²) in [4.78, 5) is 13.1. The Balaban J connectivity index is 1.88. The van der Waals surface area contributed by atoms with Gasteiger partial charge in [0.15, 0.2) is 0 Å². The number of hydrogen-bond donors (Lipinski definition) is 1. The van der Waals surface area contributed by atoms with Gasteiger partial charge in [0, 0.05) is 6.04 Å². The Labute approximate surface area is 180 Å². The van der Waals surface area contributed by atoms with Gasteiger partial charge in [-0.05, 0) is 56.0 Å². The van der Waals surface area contributed by atoms with Gasteiger partial charge in [-0.15, -0.1) is 0 Å². The molecule has 1 amide bonds. The van der Waals surface area contributed by atoms with Crippen molar-refractivity contribution >= 4 is 21.6 Å². The summed E-state index contributed by atoms with van der Waals surface area (Å²) in [5.41, 5.74) is 2.31. The molecule has 2 aromatic rings. The number of benzene rings is 2. The maximum Gasteiger partial charge on any atom is 0.264 e. The first-order valence-corrected chi connectivity index (χ1v) is 12.3. The van der Waals surface area contributed by atoms with Crippen molar-refractivity contribution in [1.82, 2.24) is 5.32 Å². The third kappa shape index (κ3) is 5.63. The lowest BCUT2D eigenvalue weighted by atomic mass is 9.97. The van der Waals surface area contributed by atoms with Crippen LogP contribution in [-0.4, -0.2) is 26.9 Å². The highest BCUT2D eigenvalue weighted by Gasteiger charge is 2.29. The fraction of sp³-hybridized carbons (Fsp3) is 0.458. The molecule has 0 radical (unpaired) electrons. The Hall–Kier alpha value is -2.34. The van der Waals surface area contributed by atoms with Gasteiger partial charge in [0.1, 0.15) is 6.54 Å². The predicted molar refractivity (Wildman–Crippen MR) is 121 cm³/mol. The molecule has 3 rings (SSSR count). The van der Waals surface area contributed by atoms with Crippen LogP contribution in [0.5, 0.6) is 0 Å². The molecule has 0 aliphatic heterocycles. The van der Waals surface area contributed by atoms with Gasteiger partial charge < -0.3 is 5.32 Å². The highest BCUT2D eigenvalue weighted by molar-refractivity contribution is 7.92. The zero-order chi connectivity index (χ0) is 21.6. The van der Waals surface area contributed by atoms with Crippen molar-refractivity contribution in [2.24, 2.45) is 0 Å². The number of hydrogen-bond acceptors (Lipinski definition) is 3. The van der Waals surface area contributed by atoms with Gasteiger partial charge in [-0.25, -0.2) is 8.42 Å². The first kappa shape index (κ1) is 22.3. The summed E-state index contributed by atoms with van der Waals surface area (Å²) in [7, 11) is -3.87. The van der Waals surface area contributed by atoms with Crippen LogP contribution < -0.4 is 9.62 Å². The number of sulfonamides is 1. The number of rotatable bonds is 6. The molecule has 1 saturated carbocycles. The summed E-state index contributed by atoms with van der Waals surface area (Å²) in [5, 5.41) is 3.10. The molecule has 6 heteroatoms. The first-order valence-electron chi connectivity index (χ1n) is 10.8. The normalized spacial score (nSPS) is 15.8. The highest BCUT2D eigenvalue weighted by atomic mass is 32.2. The smallest absolute Gasteiger partial charge is 0.264 e. The average Bonchev–Trinajstić information content (AvgIpc) is 2.70. The minimum Gasteiger partial charge on any atom is -0.352 e. The molecule has 0 unspecified atom stereocenters. The van der Waals surface area contributed by atoms with Crippen LogP contribution in [0.15, 0.2) is 53.4 Å². The van der Waals surface area contributed by atoms with Gasteiger partial charge in [-0.3, -0.25) is 9.10 Å². The molecule has 0 heterocycles. The van der Waals surface area contributed by atoms with Crippen LogP contribution in [0.4, 0.5) is 5.69 Å². The second-order valence-electron chi connectivity index (χ2n) is 8.22. The molecule has 0 atom stereocenters. The molecule has 5 nitrogen and oxygen atoms in total. The van der Waals surface area contributed by atoms with Crippen molar-refractivity contribution in [2.75, 3.05) is 10.8 Å². The summed E-state index contributed by atoms with van der Waals surface area (Å²) in [6, 6.07) is 14.1. The van der Waals surface area contributed by atoms with E-state index < -0.39 is 10.0 Å². The minimum atomic E-state index is -3.87. The SMILES string of the molecule is Cc1ccc(C)c(N(CC(=O)NC2CCCCCCC2)S(=O)(=O)c2ccccc2)c1. The first-order chi connectivity index (χ1) is 14.4. The number of anilines is 1. The summed E-state index contributed by atoms with van der Waals surface area (Å²) < 4.78 is 28.2. The van der Waals surface area contributed by atoms with Crippen LogP contribution in [0.2, 0.25) is 0 Å². The number of carbonyl (C=O) groups excluding carboxylic acids is 1. The molecule has 1 fully saturated rings. The van der Waals surface area contributed by atoms with Crippen LogP contribution >= 0.6 is 0 Å². The maximum absolute atomic E-state index is 13.5. The number of nitrogens with one attached hydrogen (secondary N) is 1. The van der Waals surface area contributed by atoms with Crippen molar-refractivity contribution < 1.29 is 13.2 Å². The van der Waals surface area contributed by atoms with Crippen LogP contribution in [0.1, 0.15) is 56.1 Å². The number of carbonyl (C=O) groups is 1. The molecule has 1 N–H and O–H groups in total. The van der Waals surface area contributed by atoms with E-state index in [1.165, 1.54) is 23.6 Å². The van der Waals surface area contributed by atoms with Crippen molar-refractivity contribution in [3.63, 3.8) is 0 Å². The summed E-state index contributed by atoms with van der Waals surface area (Å²) >= 11 is 0. The molecular formula is C24H32N2O3S. The fourth-order valence-electron chi connectivity index (χ4n) is 4.01. The number of nitrogens with zero attached hydrogens (tertiary/aromatic N) is 1. The van der Waals surface area contributed by atoms with Crippen LogP contribution in [-0.2, 0) is 14.8 Å². The second-order valence-corrected chi connectivity index (χ2v) is 10.1. The van der Waals surface area contributed by atoms with Gasteiger partial charge in [-0.1, -0.05) is 62.4 Å². The molecule has 2 aromatic carbocycles. The van der Waals surface area contributed by atoms with E-state index in [2.05, 4.69) is 5.32 Å². The Morgan fingerprint density at radius 2 is 1.60 bits per heavy atom. The fourth-order valence-corrected chi connectivity index (χ4v) is 5.51. The van der Waals surface area contributed by atoms with Gasteiger partial charge in [0.25, 0.3) is 10.0 Å². The third-order valence-electron chi connectivity index (χ3n) is 5.72. The zero-order valence-electron chi connectivity index (χ0n) is 17.9. The van der Waals surface area contributed by atoms with E-state index in [9.17, 15) is 13.2 Å². The molecule has 0 saturated heterocycles. The van der Waals surface area contributed by atoms with E-state index in [1.807, 2.05) is 32.0 Å². The predicted octanol–water partition coefficient (Wildman–Crippen LogP) is 4.73. The molecule has 1 aliphatic rings. The van der Waals surface area contributed by atoms with E-state index in [4.69, 9.17) is 0 Å². The van der Waals surface area contributed by atoms with Crippen molar-refractivity contribution in [3.05, 3.63) is 59.7 Å². The Bertz CT molecular complexity index is 950.